The van der Waals surface area contributed by atoms with Crippen molar-refractivity contribution in [2.45, 2.75) is 38.9 Å². The SMILES string of the molecule is Cc1nc(NCc2cnn(Cc3cc(F)c(F)c(F)c3)c2)nc2c1NC(=O)C1CCCN21. The lowest BCUT2D eigenvalue weighted by atomic mass is 10.1. The van der Waals surface area contributed by atoms with Crippen LogP contribution in [0.25, 0.3) is 0 Å². The monoisotopic (exact) mass is 443 g/mol. The lowest BCUT2D eigenvalue weighted by Gasteiger charge is -2.32. The number of amides is 1. The summed E-state index contributed by atoms with van der Waals surface area (Å²) in [6.07, 6.45) is 5.07. The molecule has 1 aromatic carbocycles. The van der Waals surface area contributed by atoms with E-state index in [0.29, 0.717) is 23.9 Å². The van der Waals surface area contributed by atoms with Gasteiger partial charge in [0.1, 0.15) is 11.7 Å². The topological polar surface area (TPSA) is 88.0 Å². The Morgan fingerprint density at radius 2 is 1.97 bits per heavy atom. The molecule has 166 valence electrons. The van der Waals surface area contributed by atoms with Crippen molar-refractivity contribution in [3.63, 3.8) is 0 Å². The number of fused-ring (bicyclic) bond motifs is 3. The molecule has 1 fully saturated rings. The van der Waals surface area contributed by atoms with E-state index in [4.69, 9.17) is 0 Å². The summed E-state index contributed by atoms with van der Waals surface area (Å²) in [6, 6.07) is 1.71. The second kappa shape index (κ2) is 7.81. The summed E-state index contributed by atoms with van der Waals surface area (Å²) in [6.45, 7) is 3.07. The van der Waals surface area contributed by atoms with Gasteiger partial charge in [0, 0.05) is 24.8 Å². The van der Waals surface area contributed by atoms with Crippen molar-refractivity contribution in [3.05, 3.63) is 58.8 Å². The van der Waals surface area contributed by atoms with E-state index < -0.39 is 17.5 Å². The van der Waals surface area contributed by atoms with E-state index in [9.17, 15) is 18.0 Å². The Morgan fingerprint density at radius 1 is 1.19 bits per heavy atom. The van der Waals surface area contributed by atoms with Gasteiger partial charge in [-0.15, -0.1) is 0 Å². The van der Waals surface area contributed by atoms with Gasteiger partial charge in [-0.25, -0.2) is 18.2 Å². The molecular weight excluding hydrogens is 423 g/mol. The summed E-state index contributed by atoms with van der Waals surface area (Å²) in [5.74, 6) is -2.82. The molecule has 11 heteroatoms. The van der Waals surface area contributed by atoms with Crippen molar-refractivity contribution in [1.29, 1.82) is 0 Å². The highest BCUT2D eigenvalue weighted by molar-refractivity contribution is 6.03. The summed E-state index contributed by atoms with van der Waals surface area (Å²) in [4.78, 5) is 23.4. The smallest absolute Gasteiger partial charge is 0.247 e. The second-order valence-corrected chi connectivity index (χ2v) is 7.95. The second-order valence-electron chi connectivity index (χ2n) is 7.95. The van der Waals surface area contributed by atoms with Crippen LogP contribution in [0, 0.1) is 24.4 Å². The number of benzene rings is 1. The number of aromatic nitrogens is 4. The number of nitrogens with one attached hydrogen (secondary N) is 2. The van der Waals surface area contributed by atoms with E-state index in [2.05, 4.69) is 25.7 Å². The average molecular weight is 443 g/mol. The highest BCUT2D eigenvalue weighted by Crippen LogP contribution is 2.37. The zero-order valence-corrected chi connectivity index (χ0v) is 17.2. The van der Waals surface area contributed by atoms with Crippen molar-refractivity contribution < 1.29 is 18.0 Å². The number of rotatable bonds is 5. The third kappa shape index (κ3) is 3.63. The number of carbonyl (C=O) groups excluding carboxylic acids is 1. The Kier molecular flexibility index (Phi) is 4.95. The van der Waals surface area contributed by atoms with Gasteiger partial charge in [-0.3, -0.25) is 9.48 Å². The molecule has 4 heterocycles. The van der Waals surface area contributed by atoms with Crippen molar-refractivity contribution in [3.8, 4) is 0 Å². The zero-order valence-electron chi connectivity index (χ0n) is 17.2. The van der Waals surface area contributed by atoms with Crippen LogP contribution in [0.5, 0.6) is 0 Å². The fourth-order valence-electron chi connectivity index (χ4n) is 4.14. The molecule has 2 aromatic heterocycles. The fraction of sp³-hybridized carbons (Fsp3) is 0.333. The van der Waals surface area contributed by atoms with Gasteiger partial charge >= 0.3 is 0 Å². The Morgan fingerprint density at radius 3 is 2.75 bits per heavy atom. The molecule has 2 N–H and O–H groups in total. The van der Waals surface area contributed by atoms with Gasteiger partial charge in [0.2, 0.25) is 11.9 Å². The van der Waals surface area contributed by atoms with Crippen LogP contribution in [0.2, 0.25) is 0 Å². The lowest BCUT2D eigenvalue weighted by molar-refractivity contribution is -0.117. The van der Waals surface area contributed by atoms with Crippen LogP contribution >= 0.6 is 0 Å². The number of carbonyl (C=O) groups is 1. The zero-order chi connectivity index (χ0) is 22.4. The number of nitrogens with zero attached hydrogens (tertiary/aromatic N) is 5. The van der Waals surface area contributed by atoms with Crippen molar-refractivity contribution in [2.75, 3.05) is 22.1 Å². The molecule has 1 saturated heterocycles. The van der Waals surface area contributed by atoms with Crippen LogP contribution in [0.4, 0.5) is 30.6 Å². The molecule has 0 saturated carbocycles. The molecule has 1 atom stereocenters. The minimum atomic E-state index is -1.49. The first kappa shape index (κ1) is 20.3. The lowest BCUT2D eigenvalue weighted by Crippen LogP contribution is -2.44. The predicted octanol–water partition coefficient (Wildman–Crippen LogP) is 2.98. The molecule has 0 aliphatic carbocycles. The van der Waals surface area contributed by atoms with E-state index in [-0.39, 0.29) is 24.1 Å². The van der Waals surface area contributed by atoms with Gasteiger partial charge in [0.05, 0.1) is 18.4 Å². The van der Waals surface area contributed by atoms with Gasteiger partial charge in [-0.1, -0.05) is 0 Å². The molecule has 3 aromatic rings. The van der Waals surface area contributed by atoms with Gasteiger partial charge in [-0.05, 0) is 37.5 Å². The number of hydrogen-bond donors (Lipinski definition) is 2. The maximum Gasteiger partial charge on any atom is 0.247 e. The summed E-state index contributed by atoms with van der Waals surface area (Å²) in [5.41, 5.74) is 2.39. The van der Waals surface area contributed by atoms with Gasteiger partial charge in [0.25, 0.3) is 0 Å². The number of halogens is 3. The molecule has 2 aliphatic rings. The van der Waals surface area contributed by atoms with Crippen LogP contribution in [-0.4, -0.2) is 38.2 Å². The molecule has 0 spiro atoms. The standard InChI is InChI=1S/C21H20F3N7O/c1-11-18-19(31-4-2-3-16(31)20(32)28-18)29-21(27-11)25-7-13-8-26-30(10-13)9-12-5-14(22)17(24)15(23)6-12/h5-6,8,10,16H,2-4,7,9H2,1H3,(H,28,32)(H,25,27,29). The van der Waals surface area contributed by atoms with Crippen LogP contribution in [-0.2, 0) is 17.9 Å². The van der Waals surface area contributed by atoms with E-state index >= 15 is 0 Å². The molecule has 32 heavy (non-hydrogen) atoms. The average Bonchev–Trinajstić information content (AvgIpc) is 3.42. The number of hydrogen-bond acceptors (Lipinski definition) is 6. The molecule has 8 nitrogen and oxygen atoms in total. The third-order valence-electron chi connectivity index (χ3n) is 5.67. The first-order valence-corrected chi connectivity index (χ1v) is 10.2. The Bertz CT molecular complexity index is 1190. The number of aryl methyl sites for hydroxylation is 1. The molecule has 2 aliphatic heterocycles. The highest BCUT2D eigenvalue weighted by atomic mass is 19.2. The Labute approximate surface area is 181 Å². The maximum atomic E-state index is 13.4. The van der Waals surface area contributed by atoms with Crippen LogP contribution in [0.15, 0.2) is 24.5 Å². The highest BCUT2D eigenvalue weighted by Gasteiger charge is 2.38. The number of anilines is 3. The first-order chi connectivity index (χ1) is 15.4. The summed E-state index contributed by atoms with van der Waals surface area (Å²) < 4.78 is 41.5. The minimum Gasteiger partial charge on any atom is -0.350 e. The van der Waals surface area contributed by atoms with Crippen LogP contribution < -0.4 is 15.5 Å². The first-order valence-electron chi connectivity index (χ1n) is 10.2. The van der Waals surface area contributed by atoms with Crippen LogP contribution in [0.3, 0.4) is 0 Å². The van der Waals surface area contributed by atoms with Crippen molar-refractivity contribution in [2.24, 2.45) is 0 Å². The van der Waals surface area contributed by atoms with E-state index in [0.717, 1.165) is 42.9 Å². The Balaban J connectivity index is 1.29. The molecule has 0 radical (unpaired) electrons. The normalized spacial score (nSPS) is 17.2. The Hall–Kier alpha value is -3.63. The summed E-state index contributed by atoms with van der Waals surface area (Å²) >= 11 is 0. The van der Waals surface area contributed by atoms with E-state index in [1.54, 1.807) is 12.4 Å². The molecule has 1 amide bonds. The fourth-order valence-corrected chi connectivity index (χ4v) is 4.14. The van der Waals surface area contributed by atoms with Crippen molar-refractivity contribution >= 4 is 23.4 Å². The largest absolute Gasteiger partial charge is 0.350 e. The summed E-state index contributed by atoms with van der Waals surface area (Å²) in [5, 5.41) is 10.3. The molecular formula is C21H20F3N7O. The van der Waals surface area contributed by atoms with Gasteiger partial charge in [-0.2, -0.15) is 10.1 Å². The van der Waals surface area contributed by atoms with E-state index in [1.807, 2.05) is 11.8 Å². The van der Waals surface area contributed by atoms with E-state index in [1.165, 1.54) is 4.68 Å². The third-order valence-corrected chi connectivity index (χ3v) is 5.67. The molecule has 5 rings (SSSR count). The van der Waals surface area contributed by atoms with Gasteiger partial charge in [0.15, 0.2) is 23.3 Å². The molecule has 1 unspecified atom stereocenters. The maximum absolute atomic E-state index is 13.4. The molecule has 0 bridgehead atoms. The van der Waals surface area contributed by atoms with Crippen LogP contribution in [0.1, 0.15) is 29.7 Å². The van der Waals surface area contributed by atoms with Gasteiger partial charge < -0.3 is 15.5 Å². The minimum absolute atomic E-state index is 0.0178. The van der Waals surface area contributed by atoms with Crippen molar-refractivity contribution in [1.82, 2.24) is 19.7 Å². The summed E-state index contributed by atoms with van der Waals surface area (Å²) in [7, 11) is 0. The quantitative estimate of drug-likeness (QED) is 0.590. The predicted molar refractivity (Wildman–Crippen MR) is 111 cm³/mol.